The Morgan fingerprint density at radius 3 is 1.88 bits per heavy atom. The number of nitriles is 1. The van der Waals surface area contributed by atoms with E-state index in [2.05, 4.69) is 17.3 Å². The molecule has 3 aromatic rings. The summed E-state index contributed by atoms with van der Waals surface area (Å²) in [5.41, 5.74) is 2.40. The van der Waals surface area contributed by atoms with Gasteiger partial charge in [-0.2, -0.15) is 9.83 Å². The predicted octanol–water partition coefficient (Wildman–Crippen LogP) is 6.53. The van der Waals surface area contributed by atoms with Crippen molar-refractivity contribution in [2.24, 2.45) is 5.16 Å². The van der Waals surface area contributed by atoms with Gasteiger partial charge in [0.25, 0.3) is 0 Å². The van der Waals surface area contributed by atoms with Crippen LogP contribution in [0.1, 0.15) is 5.56 Å². The van der Waals surface area contributed by atoms with Gasteiger partial charge in [0.2, 0.25) is 0 Å². The maximum absolute atomic E-state index is 13.3. The van der Waals surface area contributed by atoms with Crippen LogP contribution in [0.15, 0.2) is 120 Å². The van der Waals surface area contributed by atoms with Crippen molar-refractivity contribution in [3.05, 3.63) is 126 Å². The number of oxime groups is 1. The van der Waals surface area contributed by atoms with Crippen LogP contribution in [0, 0.1) is 17.4 Å². The average Bonchev–Trinajstić information content (AvgIpc) is 2.86. The lowest BCUT2D eigenvalue weighted by Crippen LogP contribution is -2.04. The molecule has 0 saturated carbocycles. The Balaban J connectivity index is 1.55. The molecular weight excluding hydrogens is 435 g/mol. The van der Waals surface area contributed by atoms with Crippen molar-refractivity contribution in [2.45, 2.75) is 0 Å². The molecule has 33 heavy (non-hydrogen) atoms. The number of benzene rings is 3. The first-order valence-corrected chi connectivity index (χ1v) is 11.4. The van der Waals surface area contributed by atoms with Crippen LogP contribution < -0.4 is 9.05 Å². The smallest absolute Gasteiger partial charge is 0.385 e. The van der Waals surface area contributed by atoms with Crippen molar-refractivity contribution in [2.75, 3.05) is 0 Å². The predicted molar refractivity (Wildman–Crippen MR) is 126 cm³/mol. The Hall–Kier alpha value is -4.33. The van der Waals surface area contributed by atoms with Crippen LogP contribution in [0.5, 0.6) is 11.5 Å². The summed E-state index contributed by atoms with van der Waals surface area (Å²) in [5, 5.41) is 13.5. The number of para-hydroxylation sites is 2. The first-order valence-electron chi connectivity index (χ1n) is 9.98. The molecule has 3 aromatic carbocycles. The molecule has 161 valence electrons. The van der Waals surface area contributed by atoms with E-state index in [9.17, 15) is 9.83 Å². The van der Waals surface area contributed by atoms with E-state index in [1.165, 1.54) is 0 Å². The van der Waals surface area contributed by atoms with Gasteiger partial charge < -0.3 is 9.05 Å². The molecule has 0 atom stereocenters. The van der Waals surface area contributed by atoms with Gasteiger partial charge in [0.1, 0.15) is 23.3 Å². The molecule has 1 aliphatic carbocycles. The first kappa shape index (κ1) is 21.9. The van der Waals surface area contributed by atoms with Crippen LogP contribution in [0.2, 0.25) is 0 Å². The summed E-state index contributed by atoms with van der Waals surface area (Å²) in [5.74, 6) is 0.631. The topological polar surface area (TPSA) is 80.9 Å². The summed E-state index contributed by atoms with van der Waals surface area (Å²) in [7, 11) is -4.14. The monoisotopic (exact) mass is 453 g/mol. The third-order valence-corrected chi connectivity index (χ3v) is 5.59. The Morgan fingerprint density at radius 1 is 0.818 bits per heavy atom. The molecule has 1 aliphatic rings. The maximum atomic E-state index is 13.3. The normalized spacial score (nSPS) is 12.6. The lowest BCUT2D eigenvalue weighted by molar-refractivity contribution is 0.218. The van der Waals surface area contributed by atoms with Gasteiger partial charge in [-0.05, 0) is 53.6 Å². The van der Waals surface area contributed by atoms with E-state index in [1.807, 2.05) is 24.3 Å². The highest BCUT2D eigenvalue weighted by Crippen LogP contribution is 2.50. The minimum Gasteiger partial charge on any atom is -0.385 e. The lowest BCUT2D eigenvalue weighted by atomic mass is 9.97. The standard InChI is InChI=1S/C26H18N2O4P/c27-20-26(21-10-4-1-5-11-21)22-16-18-23(19-17-22)28-32-33(29,30-24-12-6-2-7-13-24)31-25-14-8-3-9-15-25/h2-19H. The fourth-order valence-corrected chi connectivity index (χ4v) is 3.97. The highest BCUT2D eigenvalue weighted by molar-refractivity contribution is 7.49. The zero-order valence-corrected chi connectivity index (χ0v) is 18.3. The zero-order valence-electron chi connectivity index (χ0n) is 17.4. The van der Waals surface area contributed by atoms with E-state index in [1.54, 1.807) is 85.0 Å². The van der Waals surface area contributed by atoms with Gasteiger partial charge in [-0.1, -0.05) is 78.0 Å². The minimum absolute atomic E-state index is 0.315. The minimum atomic E-state index is -4.14. The first-order chi connectivity index (χ1) is 16.1. The molecule has 0 spiro atoms. The molecular formula is C26H18N2O4P. The van der Waals surface area contributed by atoms with E-state index in [-0.39, 0.29) is 0 Å². The van der Waals surface area contributed by atoms with Crippen LogP contribution in [-0.4, -0.2) is 5.71 Å². The SMILES string of the molecule is N#CC(=C1C=CC(=NOP(=O)(Oc2ccccc2)Oc2ccccc2)C=C1)c1cc[c]cc1. The van der Waals surface area contributed by atoms with E-state index in [0.29, 0.717) is 28.4 Å². The lowest BCUT2D eigenvalue weighted by Gasteiger charge is -2.16. The van der Waals surface area contributed by atoms with Crippen molar-refractivity contribution in [3.63, 3.8) is 0 Å². The van der Waals surface area contributed by atoms with Gasteiger partial charge >= 0.3 is 7.82 Å². The molecule has 0 amide bonds. The summed E-state index contributed by atoms with van der Waals surface area (Å²) in [6.07, 6.45) is 6.77. The summed E-state index contributed by atoms with van der Waals surface area (Å²) in [6.45, 7) is 0. The Labute approximate surface area is 192 Å². The molecule has 0 fully saturated rings. The molecule has 7 heteroatoms. The fraction of sp³-hybridized carbons (Fsp3) is 0. The van der Waals surface area contributed by atoms with Crippen molar-refractivity contribution in [3.8, 4) is 17.6 Å². The van der Waals surface area contributed by atoms with Gasteiger partial charge in [-0.15, -0.1) is 0 Å². The van der Waals surface area contributed by atoms with Crippen LogP contribution in [0.4, 0.5) is 0 Å². The number of rotatable bonds is 7. The molecule has 6 nitrogen and oxygen atoms in total. The number of hydrogen-bond acceptors (Lipinski definition) is 6. The van der Waals surface area contributed by atoms with Crippen LogP contribution in [0.25, 0.3) is 5.57 Å². The molecule has 0 bridgehead atoms. The van der Waals surface area contributed by atoms with Crippen LogP contribution in [-0.2, 0) is 9.19 Å². The molecule has 1 radical (unpaired) electrons. The summed E-state index contributed by atoms with van der Waals surface area (Å²) in [4.78, 5) is 0. The van der Waals surface area contributed by atoms with E-state index < -0.39 is 7.82 Å². The zero-order chi connectivity index (χ0) is 22.9. The fourth-order valence-electron chi connectivity index (χ4n) is 2.91. The highest BCUT2D eigenvalue weighted by Gasteiger charge is 2.33. The third kappa shape index (κ3) is 5.88. The highest BCUT2D eigenvalue weighted by atomic mass is 31.2. The van der Waals surface area contributed by atoms with Crippen LogP contribution >= 0.6 is 7.82 Å². The Morgan fingerprint density at radius 2 is 1.36 bits per heavy atom. The Kier molecular flexibility index (Phi) is 6.84. The number of nitrogens with zero attached hydrogens (tertiary/aromatic N) is 2. The maximum Gasteiger partial charge on any atom is 0.668 e. The van der Waals surface area contributed by atoms with Gasteiger partial charge in [0.05, 0.1) is 5.57 Å². The van der Waals surface area contributed by atoms with Crippen molar-refractivity contribution >= 4 is 19.1 Å². The van der Waals surface area contributed by atoms with Crippen molar-refractivity contribution in [1.29, 1.82) is 5.26 Å². The molecule has 0 saturated heterocycles. The van der Waals surface area contributed by atoms with E-state index >= 15 is 0 Å². The Bertz CT molecular complexity index is 1250. The van der Waals surface area contributed by atoms with Crippen molar-refractivity contribution in [1.82, 2.24) is 0 Å². The van der Waals surface area contributed by atoms with Gasteiger partial charge in [-0.25, -0.2) is 0 Å². The van der Waals surface area contributed by atoms with Crippen LogP contribution in [0.3, 0.4) is 0 Å². The molecule has 0 aromatic heterocycles. The number of allylic oxidation sites excluding steroid dienone is 6. The summed E-state index contributed by atoms with van der Waals surface area (Å²) in [6, 6.07) is 29.4. The third-order valence-electron chi connectivity index (χ3n) is 4.44. The van der Waals surface area contributed by atoms with Gasteiger partial charge in [0.15, 0.2) is 0 Å². The molecule has 0 unspecified atom stereocenters. The average molecular weight is 453 g/mol. The molecule has 0 heterocycles. The molecule has 0 aliphatic heterocycles. The van der Waals surface area contributed by atoms with Crippen molar-refractivity contribution < 1.29 is 18.2 Å². The second-order valence-corrected chi connectivity index (χ2v) is 8.17. The second kappa shape index (κ2) is 10.3. The quantitative estimate of drug-likeness (QED) is 0.231. The number of hydrogen-bond donors (Lipinski definition) is 0. The summed E-state index contributed by atoms with van der Waals surface area (Å²) < 4.78 is 29.7. The second-order valence-electron chi connectivity index (χ2n) is 6.75. The molecule has 4 rings (SSSR count). The van der Waals surface area contributed by atoms with Gasteiger partial charge in [-0.3, -0.25) is 4.62 Å². The molecule has 0 N–H and O–H groups in total. The van der Waals surface area contributed by atoms with E-state index in [4.69, 9.17) is 13.7 Å². The van der Waals surface area contributed by atoms with E-state index in [0.717, 1.165) is 5.56 Å². The largest absolute Gasteiger partial charge is 0.668 e. The number of phosphoric acid groups is 1. The van der Waals surface area contributed by atoms with Gasteiger partial charge in [0, 0.05) is 0 Å². The summed E-state index contributed by atoms with van der Waals surface area (Å²) >= 11 is 0. The number of phosphoric ester groups is 1.